The molecule has 1 unspecified atom stereocenters. The maximum Gasteiger partial charge on any atom is 0.340 e. The Kier molecular flexibility index (Phi) is 7.88. The number of hydrogen-bond donors (Lipinski definition) is 4. The zero-order chi connectivity index (χ0) is 25.4. The summed E-state index contributed by atoms with van der Waals surface area (Å²) < 4.78 is 35.3. The zero-order valence-corrected chi connectivity index (χ0v) is 21.7. The molecule has 0 aliphatic carbocycles. The molecule has 190 valence electrons. The lowest BCUT2D eigenvalue weighted by atomic mass is 10.2. The van der Waals surface area contributed by atoms with E-state index in [1.807, 2.05) is 18.2 Å². The van der Waals surface area contributed by atoms with Gasteiger partial charge in [0.1, 0.15) is 5.82 Å². The smallest absolute Gasteiger partial charge is 0.340 e. The fraction of sp³-hybridized carbons (Fsp3) is 0.421. The van der Waals surface area contributed by atoms with Crippen molar-refractivity contribution in [2.75, 3.05) is 17.8 Å². The number of aryl methyl sites for hydroxylation is 1. The predicted octanol–water partition coefficient (Wildman–Crippen LogP) is 4.07. The van der Waals surface area contributed by atoms with Crippen molar-refractivity contribution in [3.63, 3.8) is 0 Å². The maximum absolute atomic E-state index is 11.9. The van der Waals surface area contributed by atoms with Crippen molar-refractivity contribution >= 4 is 55.2 Å². The second-order valence-electron chi connectivity index (χ2n) is 8.04. The van der Waals surface area contributed by atoms with E-state index < -0.39 is 33.4 Å². The zero-order valence-electron chi connectivity index (χ0n) is 18.4. The van der Waals surface area contributed by atoms with Gasteiger partial charge < -0.3 is 29.3 Å². The van der Waals surface area contributed by atoms with Crippen molar-refractivity contribution < 1.29 is 33.1 Å². The molecule has 12 nitrogen and oxygen atoms in total. The monoisotopic (exact) mass is 565 g/mol. The van der Waals surface area contributed by atoms with Crippen LogP contribution in [-0.4, -0.2) is 53.0 Å². The van der Waals surface area contributed by atoms with Gasteiger partial charge >= 0.3 is 15.2 Å². The Hall–Kier alpha value is -1.59. The normalized spacial score (nSPS) is 20.3. The van der Waals surface area contributed by atoms with Gasteiger partial charge in [-0.1, -0.05) is 29.8 Å². The fourth-order valence-corrected chi connectivity index (χ4v) is 6.75. The predicted molar refractivity (Wildman–Crippen MR) is 130 cm³/mol. The summed E-state index contributed by atoms with van der Waals surface area (Å²) in [4.78, 5) is 36.2. The van der Waals surface area contributed by atoms with Crippen LogP contribution in [0, 0.1) is 6.92 Å². The molecule has 2 aromatic heterocycles. The molecule has 0 radical (unpaired) electrons. The summed E-state index contributed by atoms with van der Waals surface area (Å²) in [6, 6.07) is 7.42. The minimum Gasteiger partial charge on any atom is -0.365 e. The van der Waals surface area contributed by atoms with Gasteiger partial charge in [0, 0.05) is 11.6 Å². The van der Waals surface area contributed by atoms with E-state index in [0.717, 1.165) is 5.56 Å². The number of fused-ring (bicyclic) bond motifs is 1. The van der Waals surface area contributed by atoms with Crippen LogP contribution in [0.25, 0.3) is 11.0 Å². The van der Waals surface area contributed by atoms with Crippen LogP contribution in [-0.2, 0) is 24.9 Å². The van der Waals surface area contributed by atoms with Crippen LogP contribution in [0.4, 0.5) is 5.82 Å². The molecule has 0 saturated carbocycles. The summed E-state index contributed by atoms with van der Waals surface area (Å²) in [6.45, 7) is 1.90. The lowest BCUT2D eigenvalue weighted by molar-refractivity contribution is -0.0231. The topological polar surface area (TPSA) is 169 Å². The highest BCUT2D eigenvalue weighted by atomic mass is 35.5. The molecule has 3 atom stereocenters. The van der Waals surface area contributed by atoms with Crippen molar-refractivity contribution in [1.82, 2.24) is 19.7 Å². The molecule has 1 aliphatic heterocycles. The van der Waals surface area contributed by atoms with Gasteiger partial charge in [0.15, 0.2) is 17.8 Å². The summed E-state index contributed by atoms with van der Waals surface area (Å²) >= 11 is 12.4. The molecule has 35 heavy (non-hydrogen) atoms. The number of nitrogens with one attached hydrogen (secondary N) is 1. The summed E-state index contributed by atoms with van der Waals surface area (Å²) in [5.74, 6) is -0.765. The first-order valence-corrected chi connectivity index (χ1v) is 14.8. The number of benzene rings is 1. The lowest BCUT2D eigenvalue weighted by Crippen LogP contribution is -2.17. The van der Waals surface area contributed by atoms with Crippen LogP contribution in [0.1, 0.15) is 30.3 Å². The highest BCUT2D eigenvalue weighted by Gasteiger charge is 2.35. The number of ether oxygens (including phenoxy) is 1. The maximum atomic E-state index is 11.9. The van der Waals surface area contributed by atoms with Gasteiger partial charge in [-0.2, -0.15) is 15.1 Å². The molecule has 1 aromatic carbocycles. The Balaban J connectivity index is 1.50. The van der Waals surface area contributed by atoms with Gasteiger partial charge in [0.05, 0.1) is 23.8 Å². The number of nitrogens with zero attached hydrogens (tertiary/aromatic N) is 4. The molecule has 1 saturated heterocycles. The Bertz CT molecular complexity index is 1330. The van der Waals surface area contributed by atoms with E-state index in [1.165, 1.54) is 0 Å². The van der Waals surface area contributed by atoms with E-state index in [2.05, 4.69) is 20.4 Å². The van der Waals surface area contributed by atoms with Crippen molar-refractivity contribution in [3.8, 4) is 0 Å². The van der Waals surface area contributed by atoms with E-state index in [-0.39, 0.29) is 11.9 Å². The van der Waals surface area contributed by atoms with Crippen molar-refractivity contribution in [3.05, 3.63) is 45.8 Å². The SMILES string of the molecule is Cc1nn([C@H]2CC[C@@H](COP(=O)(O)CP(=O)(O)O)O2)c2nc(Cl)nc(NCc3ccccc3Cl)c12. The van der Waals surface area contributed by atoms with Crippen molar-refractivity contribution in [2.45, 2.75) is 38.6 Å². The number of hydrogen-bond acceptors (Lipinski definition) is 8. The Morgan fingerprint density at radius 1 is 1.20 bits per heavy atom. The quantitative estimate of drug-likeness (QED) is 0.218. The molecule has 4 rings (SSSR count). The second kappa shape index (κ2) is 10.4. The summed E-state index contributed by atoms with van der Waals surface area (Å²) in [6.07, 6.45) is -0.158. The van der Waals surface area contributed by atoms with E-state index in [9.17, 15) is 14.0 Å². The van der Waals surface area contributed by atoms with Gasteiger partial charge in [0.25, 0.3) is 0 Å². The molecular formula is C19H23Cl2N5O7P2. The Labute approximate surface area is 210 Å². The second-order valence-corrected chi connectivity index (χ2v) is 12.8. The van der Waals surface area contributed by atoms with E-state index in [1.54, 1.807) is 17.7 Å². The molecule has 0 bridgehead atoms. The Morgan fingerprint density at radius 2 is 1.94 bits per heavy atom. The fourth-order valence-electron chi connectivity index (χ4n) is 3.79. The molecule has 1 fully saturated rings. The molecule has 3 heterocycles. The van der Waals surface area contributed by atoms with Crippen LogP contribution in [0.15, 0.2) is 24.3 Å². The highest BCUT2D eigenvalue weighted by molar-refractivity contribution is 7.70. The third-order valence-corrected chi connectivity index (χ3v) is 9.28. The lowest BCUT2D eigenvalue weighted by Gasteiger charge is -2.17. The summed E-state index contributed by atoms with van der Waals surface area (Å²) in [5.41, 5.74) is 1.97. The first kappa shape index (κ1) is 26.5. The van der Waals surface area contributed by atoms with Gasteiger partial charge in [-0.05, 0) is 43.0 Å². The van der Waals surface area contributed by atoms with E-state index >= 15 is 0 Å². The summed E-state index contributed by atoms with van der Waals surface area (Å²) in [5, 5.41) is 9.08. The number of halogens is 2. The minimum atomic E-state index is -4.70. The van der Waals surface area contributed by atoms with Crippen molar-refractivity contribution in [1.29, 1.82) is 0 Å². The molecule has 0 spiro atoms. The van der Waals surface area contributed by atoms with E-state index in [4.69, 9.17) is 42.2 Å². The standard InChI is InChI=1S/C19H23Cl2N5O7P2/c1-11-16-17(22-8-12-4-2-3-5-14(12)20)23-19(21)24-18(16)26(25-11)15-7-6-13(33-15)9-32-35(30,31)10-34(27,28)29/h2-5,13,15H,6-10H2,1H3,(H,30,31)(H,22,23,24)(H2,27,28,29)/t13-,15+/m0/s1. The average molecular weight is 566 g/mol. The van der Waals surface area contributed by atoms with Gasteiger partial charge in [-0.25, -0.2) is 4.68 Å². The van der Waals surface area contributed by atoms with E-state index in [0.29, 0.717) is 47.0 Å². The minimum absolute atomic E-state index is 0.0110. The molecular weight excluding hydrogens is 543 g/mol. The number of aromatic nitrogens is 4. The summed E-state index contributed by atoms with van der Waals surface area (Å²) in [7, 11) is -9.17. The molecule has 0 amide bonds. The largest absolute Gasteiger partial charge is 0.365 e. The van der Waals surface area contributed by atoms with Gasteiger partial charge in [-0.3, -0.25) is 9.13 Å². The van der Waals surface area contributed by atoms with Crippen LogP contribution < -0.4 is 5.32 Å². The van der Waals surface area contributed by atoms with Gasteiger partial charge in [-0.15, -0.1) is 0 Å². The highest BCUT2D eigenvalue weighted by Crippen LogP contribution is 2.55. The first-order valence-electron chi connectivity index (χ1n) is 10.5. The Morgan fingerprint density at radius 3 is 2.66 bits per heavy atom. The molecule has 16 heteroatoms. The number of anilines is 1. The average Bonchev–Trinajstić information content (AvgIpc) is 3.34. The van der Waals surface area contributed by atoms with Crippen LogP contribution in [0.5, 0.6) is 0 Å². The number of rotatable bonds is 9. The van der Waals surface area contributed by atoms with Crippen molar-refractivity contribution in [2.24, 2.45) is 0 Å². The van der Waals surface area contributed by atoms with Gasteiger partial charge in [0.2, 0.25) is 5.28 Å². The van der Waals surface area contributed by atoms with Crippen LogP contribution >= 0.6 is 38.4 Å². The molecule has 1 aliphatic rings. The van der Waals surface area contributed by atoms with Crippen LogP contribution in [0.2, 0.25) is 10.3 Å². The molecule has 3 aromatic rings. The first-order chi connectivity index (χ1) is 16.4. The molecule has 4 N–H and O–H groups in total. The third-order valence-electron chi connectivity index (χ3n) is 5.29. The van der Waals surface area contributed by atoms with Crippen LogP contribution in [0.3, 0.4) is 0 Å². The third kappa shape index (κ3) is 6.60.